The maximum Gasteiger partial charge on any atom is 0.191 e. The molecule has 144 valence electrons. The van der Waals surface area contributed by atoms with E-state index in [2.05, 4.69) is 76.9 Å². The Hall–Kier alpha value is -1.64. The minimum atomic E-state index is 0. The molecule has 0 atom stereocenters. The smallest absolute Gasteiger partial charge is 0.191 e. The van der Waals surface area contributed by atoms with Crippen molar-refractivity contribution in [1.82, 2.24) is 25.4 Å². The zero-order valence-corrected chi connectivity index (χ0v) is 18.5. The third-order valence-corrected chi connectivity index (χ3v) is 5.01. The van der Waals surface area contributed by atoms with Crippen LogP contribution >= 0.6 is 24.0 Å². The van der Waals surface area contributed by atoms with E-state index in [0.717, 1.165) is 37.7 Å². The van der Waals surface area contributed by atoms with Crippen LogP contribution in [0.15, 0.2) is 41.7 Å². The van der Waals surface area contributed by atoms with Crippen LogP contribution in [0.4, 0.5) is 0 Å². The second-order valence-corrected chi connectivity index (χ2v) is 6.17. The summed E-state index contributed by atoms with van der Waals surface area (Å²) in [5.41, 5.74) is 1.47. The first kappa shape index (κ1) is 22.4. The zero-order valence-electron chi connectivity index (χ0n) is 16.2. The molecular formula is C19H31IN6. The van der Waals surface area contributed by atoms with Crippen molar-refractivity contribution in [2.45, 2.75) is 52.1 Å². The van der Waals surface area contributed by atoms with Gasteiger partial charge in [0.2, 0.25) is 0 Å². The van der Waals surface area contributed by atoms with E-state index in [1.165, 1.54) is 5.56 Å². The van der Waals surface area contributed by atoms with Crippen LogP contribution < -0.4 is 10.6 Å². The molecule has 2 rings (SSSR count). The highest BCUT2D eigenvalue weighted by Crippen LogP contribution is 2.30. The van der Waals surface area contributed by atoms with Gasteiger partial charge in [-0.05, 0) is 25.3 Å². The van der Waals surface area contributed by atoms with Crippen LogP contribution in [0, 0.1) is 0 Å². The summed E-state index contributed by atoms with van der Waals surface area (Å²) in [7, 11) is 1.79. The lowest BCUT2D eigenvalue weighted by molar-refractivity contribution is 0.389. The quantitative estimate of drug-likeness (QED) is 0.353. The Kier molecular flexibility index (Phi) is 9.61. The number of nitrogens with one attached hydrogen (secondary N) is 2. The minimum absolute atomic E-state index is 0. The van der Waals surface area contributed by atoms with Crippen LogP contribution in [0.3, 0.4) is 0 Å². The monoisotopic (exact) mass is 470 g/mol. The number of rotatable bonds is 8. The highest BCUT2D eigenvalue weighted by molar-refractivity contribution is 14.0. The second kappa shape index (κ2) is 11.2. The van der Waals surface area contributed by atoms with E-state index in [1.54, 1.807) is 13.4 Å². The Morgan fingerprint density at radius 1 is 1.12 bits per heavy atom. The molecule has 0 unspecified atom stereocenters. The molecule has 0 amide bonds. The molecule has 0 aliphatic carbocycles. The summed E-state index contributed by atoms with van der Waals surface area (Å²) in [6, 6.07) is 10.7. The number of aryl methyl sites for hydroxylation is 1. The van der Waals surface area contributed by atoms with Gasteiger partial charge in [-0.25, -0.2) is 0 Å². The van der Waals surface area contributed by atoms with E-state index in [0.29, 0.717) is 6.54 Å². The number of hydrogen-bond acceptors (Lipinski definition) is 3. The molecule has 0 aliphatic heterocycles. The lowest BCUT2D eigenvalue weighted by Gasteiger charge is -2.33. The predicted octanol–water partition coefficient (Wildman–Crippen LogP) is 3.34. The number of hydrogen-bond donors (Lipinski definition) is 2. The van der Waals surface area contributed by atoms with Gasteiger partial charge < -0.3 is 15.2 Å². The van der Waals surface area contributed by atoms with Gasteiger partial charge in [0.15, 0.2) is 11.8 Å². The molecule has 2 N–H and O–H groups in total. The summed E-state index contributed by atoms with van der Waals surface area (Å²) in [5, 5.41) is 14.9. The van der Waals surface area contributed by atoms with Gasteiger partial charge in [-0.15, -0.1) is 34.2 Å². The Morgan fingerprint density at radius 2 is 1.81 bits per heavy atom. The average Bonchev–Trinajstić information content (AvgIpc) is 3.13. The summed E-state index contributed by atoms with van der Waals surface area (Å²) in [6.07, 6.45) is 3.89. The number of guanidine groups is 1. The summed E-state index contributed by atoms with van der Waals surface area (Å²) in [5.74, 6) is 1.69. The van der Waals surface area contributed by atoms with Crippen molar-refractivity contribution in [2.75, 3.05) is 13.6 Å². The van der Waals surface area contributed by atoms with Crippen LogP contribution in [-0.2, 0) is 18.5 Å². The van der Waals surface area contributed by atoms with Crippen molar-refractivity contribution in [2.24, 2.45) is 4.99 Å². The standard InChI is InChI=1S/C19H30N6.HI/c1-5-19(6-2,16-11-9-8-10-12-16)14-22-18(20-4)21-13-17-24-23-15-25(17)7-3;/h8-12,15H,5-7,13-14H2,1-4H3,(H2,20,21,22);1H. The number of halogens is 1. The molecule has 1 aromatic heterocycles. The average molecular weight is 470 g/mol. The molecule has 0 fully saturated rings. The topological polar surface area (TPSA) is 67.1 Å². The fourth-order valence-corrected chi connectivity index (χ4v) is 3.12. The number of nitrogens with zero attached hydrogens (tertiary/aromatic N) is 4. The number of aliphatic imine (C=N–C) groups is 1. The summed E-state index contributed by atoms with van der Waals surface area (Å²) >= 11 is 0. The van der Waals surface area contributed by atoms with E-state index in [-0.39, 0.29) is 29.4 Å². The summed E-state index contributed by atoms with van der Waals surface area (Å²) in [4.78, 5) is 4.35. The molecule has 0 saturated heterocycles. The molecular weight excluding hydrogens is 439 g/mol. The van der Waals surface area contributed by atoms with E-state index in [1.807, 2.05) is 4.57 Å². The normalized spacial score (nSPS) is 11.8. The lowest BCUT2D eigenvalue weighted by Crippen LogP contribution is -2.45. The third-order valence-electron chi connectivity index (χ3n) is 5.01. The molecule has 0 radical (unpaired) electrons. The predicted molar refractivity (Wildman–Crippen MR) is 118 cm³/mol. The van der Waals surface area contributed by atoms with E-state index >= 15 is 0 Å². The minimum Gasteiger partial charge on any atom is -0.356 e. The zero-order chi connectivity index (χ0) is 18.1. The van der Waals surface area contributed by atoms with Crippen molar-refractivity contribution in [3.05, 3.63) is 48.0 Å². The van der Waals surface area contributed by atoms with E-state index in [9.17, 15) is 0 Å². The maximum absolute atomic E-state index is 4.35. The van der Waals surface area contributed by atoms with Gasteiger partial charge in [0, 0.05) is 25.6 Å². The van der Waals surface area contributed by atoms with Crippen LogP contribution in [0.2, 0.25) is 0 Å². The van der Waals surface area contributed by atoms with Crippen molar-refractivity contribution >= 4 is 29.9 Å². The fraction of sp³-hybridized carbons (Fsp3) is 0.526. The van der Waals surface area contributed by atoms with E-state index in [4.69, 9.17) is 0 Å². The molecule has 0 aliphatic rings. The van der Waals surface area contributed by atoms with Gasteiger partial charge in [0.25, 0.3) is 0 Å². The van der Waals surface area contributed by atoms with Gasteiger partial charge in [0.1, 0.15) is 6.33 Å². The third kappa shape index (κ3) is 5.43. The molecule has 26 heavy (non-hydrogen) atoms. The van der Waals surface area contributed by atoms with Gasteiger partial charge in [-0.1, -0.05) is 44.2 Å². The largest absolute Gasteiger partial charge is 0.356 e. The van der Waals surface area contributed by atoms with Crippen molar-refractivity contribution < 1.29 is 0 Å². The molecule has 0 saturated carbocycles. The summed E-state index contributed by atoms with van der Waals surface area (Å²) in [6.45, 7) is 8.87. The molecule has 0 spiro atoms. The highest BCUT2D eigenvalue weighted by Gasteiger charge is 2.28. The number of benzene rings is 1. The van der Waals surface area contributed by atoms with Crippen molar-refractivity contribution in [3.63, 3.8) is 0 Å². The molecule has 0 bridgehead atoms. The Balaban J connectivity index is 0.00000338. The van der Waals surface area contributed by atoms with Crippen LogP contribution in [0.25, 0.3) is 0 Å². The SMILES string of the molecule is CCn1cnnc1CNC(=NC)NCC(CC)(CC)c1ccccc1.I. The van der Waals surface area contributed by atoms with Crippen LogP contribution in [0.5, 0.6) is 0 Å². The Labute approximate surface area is 173 Å². The van der Waals surface area contributed by atoms with Gasteiger partial charge in [-0.2, -0.15) is 0 Å². The fourth-order valence-electron chi connectivity index (χ4n) is 3.12. The maximum atomic E-state index is 4.35. The summed E-state index contributed by atoms with van der Waals surface area (Å²) < 4.78 is 2.02. The first-order valence-corrected chi connectivity index (χ1v) is 9.05. The van der Waals surface area contributed by atoms with Crippen molar-refractivity contribution in [3.8, 4) is 0 Å². The Bertz CT molecular complexity index is 664. The molecule has 1 aromatic carbocycles. The van der Waals surface area contributed by atoms with Crippen molar-refractivity contribution in [1.29, 1.82) is 0 Å². The molecule has 6 nitrogen and oxygen atoms in total. The lowest BCUT2D eigenvalue weighted by atomic mass is 9.76. The van der Waals surface area contributed by atoms with Crippen LogP contribution in [0.1, 0.15) is 45.0 Å². The second-order valence-electron chi connectivity index (χ2n) is 6.17. The van der Waals surface area contributed by atoms with Gasteiger partial charge in [-0.3, -0.25) is 4.99 Å². The van der Waals surface area contributed by atoms with E-state index < -0.39 is 0 Å². The molecule has 2 aromatic rings. The molecule has 1 heterocycles. The Morgan fingerprint density at radius 3 is 2.38 bits per heavy atom. The first-order valence-electron chi connectivity index (χ1n) is 9.05. The van der Waals surface area contributed by atoms with Gasteiger partial charge >= 0.3 is 0 Å². The first-order chi connectivity index (χ1) is 12.2. The van der Waals surface area contributed by atoms with Crippen LogP contribution in [-0.4, -0.2) is 34.3 Å². The highest BCUT2D eigenvalue weighted by atomic mass is 127. The molecule has 7 heteroatoms. The van der Waals surface area contributed by atoms with Gasteiger partial charge in [0.05, 0.1) is 6.54 Å². The number of aromatic nitrogens is 3.